The minimum Gasteiger partial charge on any atom is -0.333 e. The van der Waals surface area contributed by atoms with Gasteiger partial charge < -0.3 is 26.4 Å². The van der Waals surface area contributed by atoms with Crippen LogP contribution in [-0.2, 0) is 9.59 Å². The van der Waals surface area contributed by atoms with E-state index < -0.39 is 6.04 Å². The molecule has 1 saturated carbocycles. The molecule has 1 aliphatic rings. The summed E-state index contributed by atoms with van der Waals surface area (Å²) in [6.07, 6.45) is 5.12. The molecule has 0 aromatic heterocycles. The summed E-state index contributed by atoms with van der Waals surface area (Å²) in [7, 11) is 3.41. The minimum atomic E-state index is -0.502. The highest BCUT2D eigenvalue weighted by molar-refractivity contribution is 5.60. The molecule has 0 aliphatic heterocycles. The van der Waals surface area contributed by atoms with Gasteiger partial charge in [0.1, 0.15) is 12.6 Å². The summed E-state index contributed by atoms with van der Waals surface area (Å²) in [4.78, 5) is 21.1. The third-order valence-electron chi connectivity index (χ3n) is 2.98. The van der Waals surface area contributed by atoms with Gasteiger partial charge in [-0.2, -0.15) is 0 Å². The van der Waals surface area contributed by atoms with E-state index in [2.05, 4.69) is 11.1 Å². The molecular weight excluding hydrogens is 206 g/mol. The van der Waals surface area contributed by atoms with Gasteiger partial charge in [-0.1, -0.05) is 0 Å². The molecule has 5 heteroatoms. The molecule has 5 nitrogen and oxygen atoms in total. The van der Waals surface area contributed by atoms with Crippen molar-refractivity contribution in [1.29, 1.82) is 0 Å². The van der Waals surface area contributed by atoms with Gasteiger partial charge in [-0.15, -0.1) is 0 Å². The van der Waals surface area contributed by atoms with E-state index in [1.165, 1.54) is 7.05 Å². The lowest BCUT2D eigenvalue weighted by Gasteiger charge is -2.19. The first-order valence-electron chi connectivity index (χ1n) is 5.58. The van der Waals surface area contributed by atoms with Crippen molar-refractivity contribution in [2.75, 3.05) is 14.1 Å². The molecule has 1 fully saturated rings. The third kappa shape index (κ3) is 4.83. The molecule has 0 aromatic carbocycles. The van der Waals surface area contributed by atoms with Crippen LogP contribution in [0, 0.1) is 5.92 Å². The number of carbonyl (C=O) groups is 2. The molecule has 0 heterocycles. The molecule has 5 N–H and O–H groups in total. The monoisotopic (exact) mass is 229 g/mol. The Hall–Kier alpha value is -0.780. The summed E-state index contributed by atoms with van der Waals surface area (Å²) >= 11 is 0. The molecule has 0 saturated heterocycles. The van der Waals surface area contributed by atoms with Gasteiger partial charge in [0.05, 0.1) is 6.04 Å². The van der Waals surface area contributed by atoms with E-state index in [0.717, 1.165) is 25.5 Å². The predicted octanol–water partition coefficient (Wildman–Crippen LogP) is -0.565. The number of nitrogens with two attached hydrogens (primary N) is 2. The summed E-state index contributed by atoms with van der Waals surface area (Å²) < 4.78 is 0. The van der Waals surface area contributed by atoms with Crippen molar-refractivity contribution in [2.24, 2.45) is 17.4 Å². The number of carbonyl (C=O) groups excluding carboxylic acids is 2. The maximum absolute atomic E-state index is 10.8. The Morgan fingerprint density at radius 3 is 2.19 bits per heavy atom. The molecule has 94 valence electrons. The van der Waals surface area contributed by atoms with Crippen molar-refractivity contribution in [1.82, 2.24) is 5.32 Å². The van der Waals surface area contributed by atoms with Crippen LogP contribution < -0.4 is 16.8 Å². The molecule has 1 aliphatic carbocycles. The highest BCUT2D eigenvalue weighted by Gasteiger charge is 2.42. The van der Waals surface area contributed by atoms with E-state index in [0.29, 0.717) is 12.7 Å². The van der Waals surface area contributed by atoms with Crippen molar-refractivity contribution < 1.29 is 9.59 Å². The van der Waals surface area contributed by atoms with E-state index in [4.69, 9.17) is 5.73 Å². The molecule has 0 aromatic rings. The lowest BCUT2D eigenvalue weighted by atomic mass is 9.93. The van der Waals surface area contributed by atoms with Crippen molar-refractivity contribution in [3.63, 3.8) is 0 Å². The van der Waals surface area contributed by atoms with Crippen LogP contribution in [0.2, 0.25) is 0 Å². The first-order valence-corrected chi connectivity index (χ1v) is 5.58. The Morgan fingerprint density at radius 1 is 1.31 bits per heavy atom. The number of hydrogen-bond acceptors (Lipinski definition) is 5. The van der Waals surface area contributed by atoms with Crippen molar-refractivity contribution >= 4 is 12.6 Å². The first-order chi connectivity index (χ1) is 7.65. The quantitative estimate of drug-likeness (QED) is 0.508. The largest absolute Gasteiger partial charge is 0.333 e. The SMILES string of the molecule is CN.CNC1(CC(C=O)CC(N)C=O)CC1. The van der Waals surface area contributed by atoms with Crippen LogP contribution in [-0.4, -0.2) is 38.2 Å². The highest BCUT2D eigenvalue weighted by atomic mass is 16.1. The molecule has 2 unspecified atom stereocenters. The van der Waals surface area contributed by atoms with Crippen molar-refractivity contribution in [3.8, 4) is 0 Å². The lowest BCUT2D eigenvalue weighted by molar-refractivity contribution is -0.112. The fourth-order valence-corrected chi connectivity index (χ4v) is 1.80. The van der Waals surface area contributed by atoms with Gasteiger partial charge in [-0.25, -0.2) is 0 Å². The van der Waals surface area contributed by atoms with E-state index in [1.807, 2.05) is 7.05 Å². The van der Waals surface area contributed by atoms with Gasteiger partial charge in [-0.05, 0) is 39.8 Å². The summed E-state index contributed by atoms with van der Waals surface area (Å²) in [6.45, 7) is 0. The van der Waals surface area contributed by atoms with Crippen LogP contribution >= 0.6 is 0 Å². The number of rotatable bonds is 7. The van der Waals surface area contributed by atoms with Gasteiger partial charge in [0.25, 0.3) is 0 Å². The number of aldehydes is 2. The Balaban J connectivity index is 0.00000106. The summed E-state index contributed by atoms with van der Waals surface area (Å²) in [6, 6.07) is -0.502. The van der Waals surface area contributed by atoms with Gasteiger partial charge >= 0.3 is 0 Å². The van der Waals surface area contributed by atoms with Gasteiger partial charge in [0, 0.05) is 11.5 Å². The van der Waals surface area contributed by atoms with Gasteiger partial charge in [0.2, 0.25) is 0 Å². The molecule has 1 rings (SSSR count). The Bertz CT molecular complexity index is 217. The standard InChI is InChI=1S/C10H18N2O2.CH5N/c1-12-10(2-3-10)5-8(6-13)4-9(11)7-14;1-2/h6-9,12H,2-5,11H2,1H3;2H2,1H3. The lowest BCUT2D eigenvalue weighted by Crippen LogP contribution is -2.33. The van der Waals surface area contributed by atoms with E-state index in [-0.39, 0.29) is 11.5 Å². The van der Waals surface area contributed by atoms with Crippen LogP contribution in [0.5, 0.6) is 0 Å². The van der Waals surface area contributed by atoms with Crippen LogP contribution in [0.3, 0.4) is 0 Å². The molecule has 2 atom stereocenters. The number of hydrogen-bond donors (Lipinski definition) is 3. The van der Waals surface area contributed by atoms with Crippen molar-refractivity contribution in [2.45, 2.75) is 37.3 Å². The fraction of sp³-hybridized carbons (Fsp3) is 0.818. The Morgan fingerprint density at radius 2 is 1.88 bits per heavy atom. The maximum Gasteiger partial charge on any atom is 0.136 e. The zero-order chi connectivity index (χ0) is 12.6. The molecule has 0 amide bonds. The second kappa shape index (κ2) is 7.49. The topological polar surface area (TPSA) is 98.2 Å². The molecule has 0 radical (unpaired) electrons. The normalized spacial score (nSPS) is 20.0. The first kappa shape index (κ1) is 15.2. The second-order valence-electron chi connectivity index (χ2n) is 4.17. The Kier molecular flexibility index (Phi) is 7.12. The average molecular weight is 229 g/mol. The Labute approximate surface area is 96.9 Å². The third-order valence-corrected chi connectivity index (χ3v) is 2.98. The zero-order valence-corrected chi connectivity index (χ0v) is 10.1. The van der Waals surface area contributed by atoms with E-state index in [1.54, 1.807) is 0 Å². The fourth-order valence-electron chi connectivity index (χ4n) is 1.80. The summed E-state index contributed by atoms with van der Waals surface area (Å²) in [5.74, 6) is -0.0925. The number of nitrogens with one attached hydrogen (secondary N) is 1. The molecule has 0 bridgehead atoms. The maximum atomic E-state index is 10.8. The van der Waals surface area contributed by atoms with Crippen LogP contribution in [0.1, 0.15) is 25.7 Å². The van der Waals surface area contributed by atoms with E-state index >= 15 is 0 Å². The van der Waals surface area contributed by atoms with Crippen molar-refractivity contribution in [3.05, 3.63) is 0 Å². The van der Waals surface area contributed by atoms with Crippen LogP contribution in [0.4, 0.5) is 0 Å². The van der Waals surface area contributed by atoms with Crippen LogP contribution in [0.25, 0.3) is 0 Å². The minimum absolute atomic E-state index is 0.0925. The molecule has 16 heavy (non-hydrogen) atoms. The molecule has 0 spiro atoms. The average Bonchev–Trinajstić information content (AvgIpc) is 3.11. The predicted molar refractivity (Wildman–Crippen MR) is 64.0 cm³/mol. The van der Waals surface area contributed by atoms with Crippen LogP contribution in [0.15, 0.2) is 0 Å². The molecular formula is C11H23N3O2. The smallest absolute Gasteiger partial charge is 0.136 e. The zero-order valence-electron chi connectivity index (χ0n) is 10.1. The summed E-state index contributed by atoms with van der Waals surface area (Å²) in [5, 5.41) is 3.22. The van der Waals surface area contributed by atoms with Gasteiger partial charge in [0.15, 0.2) is 0 Å². The van der Waals surface area contributed by atoms with E-state index in [9.17, 15) is 9.59 Å². The highest BCUT2D eigenvalue weighted by Crippen LogP contribution is 2.40. The summed E-state index contributed by atoms with van der Waals surface area (Å²) in [5.41, 5.74) is 10.1. The second-order valence-corrected chi connectivity index (χ2v) is 4.17. The van der Waals surface area contributed by atoms with Gasteiger partial charge in [-0.3, -0.25) is 0 Å².